The number of hydrogen-bond donors (Lipinski definition) is 2. The number of H-pyrrole nitrogens is 1. The molecule has 1 fully saturated rings. The van der Waals surface area contributed by atoms with Crippen LogP contribution in [-0.2, 0) is 4.79 Å². The first-order chi connectivity index (χ1) is 14.0. The normalized spacial score (nSPS) is 20.0. The second kappa shape index (κ2) is 7.65. The fraction of sp³-hybridized carbons (Fsp3) is 0.450. The molecule has 0 saturated heterocycles. The van der Waals surface area contributed by atoms with Crippen LogP contribution >= 0.6 is 0 Å². The molecular formula is C20H23N5O4. The van der Waals surface area contributed by atoms with Crippen molar-refractivity contribution in [2.45, 2.75) is 57.5 Å². The Bertz CT molecular complexity index is 1070. The van der Waals surface area contributed by atoms with E-state index in [1.807, 2.05) is 6.07 Å². The first-order valence-electron chi connectivity index (χ1n) is 9.82. The Hall–Kier alpha value is -3.23. The van der Waals surface area contributed by atoms with Crippen molar-refractivity contribution in [2.24, 2.45) is 5.10 Å². The molecule has 3 heterocycles. The average Bonchev–Trinajstić information content (AvgIpc) is 3.14. The van der Waals surface area contributed by atoms with Crippen LogP contribution in [0.4, 0.5) is 0 Å². The second-order valence-electron chi connectivity index (χ2n) is 7.54. The predicted molar refractivity (Wildman–Crippen MR) is 106 cm³/mol. The smallest absolute Gasteiger partial charge is 0.331 e. The van der Waals surface area contributed by atoms with E-state index in [9.17, 15) is 19.5 Å². The molecule has 0 radical (unpaired) electrons. The number of carbonyl (C=O) groups excluding carboxylic acids is 1. The number of nitrogens with zero attached hydrogens (tertiary/aromatic N) is 4. The summed E-state index contributed by atoms with van der Waals surface area (Å²) in [7, 11) is 0. The number of aromatic hydroxyl groups is 1. The van der Waals surface area contributed by atoms with Crippen molar-refractivity contribution in [1.82, 2.24) is 19.5 Å². The van der Waals surface area contributed by atoms with Gasteiger partial charge in [-0.2, -0.15) is 5.10 Å². The standard InChI is InChI=1S/C20H23N5O4/c1-12(26)25-16(13-6-5-9-21-11-13)10-15(23-25)17-18(27)22-20(29)24(19(17)28)14-7-3-2-4-8-14/h5-6,9,11,14,16,28H,2-4,7-8,10H2,1H3,(H,22,27,29)/t16-/m1/s1. The summed E-state index contributed by atoms with van der Waals surface area (Å²) < 4.78 is 1.27. The lowest BCUT2D eigenvalue weighted by Crippen LogP contribution is -2.36. The minimum atomic E-state index is -0.700. The molecule has 29 heavy (non-hydrogen) atoms. The van der Waals surface area contributed by atoms with Crippen LogP contribution in [0.15, 0.2) is 39.2 Å². The molecule has 0 spiro atoms. The Kier molecular flexibility index (Phi) is 5.04. The van der Waals surface area contributed by atoms with Crippen LogP contribution < -0.4 is 11.2 Å². The summed E-state index contributed by atoms with van der Waals surface area (Å²) in [4.78, 5) is 43.5. The fourth-order valence-corrected chi connectivity index (χ4v) is 4.26. The molecular weight excluding hydrogens is 374 g/mol. The Morgan fingerprint density at radius 3 is 2.66 bits per heavy atom. The van der Waals surface area contributed by atoms with Gasteiger partial charge in [-0.3, -0.25) is 24.1 Å². The maximum absolute atomic E-state index is 12.6. The lowest BCUT2D eigenvalue weighted by atomic mass is 9.95. The summed E-state index contributed by atoms with van der Waals surface area (Å²) in [6.45, 7) is 1.39. The molecule has 2 aliphatic rings. The van der Waals surface area contributed by atoms with Gasteiger partial charge in [-0.1, -0.05) is 25.3 Å². The summed E-state index contributed by atoms with van der Waals surface area (Å²) >= 11 is 0. The summed E-state index contributed by atoms with van der Waals surface area (Å²) in [5, 5.41) is 16.5. The molecule has 0 bridgehead atoms. The summed E-state index contributed by atoms with van der Waals surface area (Å²) in [6.07, 6.45) is 8.08. The van der Waals surface area contributed by atoms with Gasteiger partial charge in [0.15, 0.2) is 0 Å². The van der Waals surface area contributed by atoms with E-state index in [0.29, 0.717) is 0 Å². The molecule has 9 nitrogen and oxygen atoms in total. The van der Waals surface area contributed by atoms with E-state index in [1.165, 1.54) is 16.5 Å². The second-order valence-corrected chi connectivity index (χ2v) is 7.54. The quantitative estimate of drug-likeness (QED) is 0.819. The fourth-order valence-electron chi connectivity index (χ4n) is 4.26. The maximum Gasteiger partial charge on any atom is 0.331 e. The maximum atomic E-state index is 12.6. The number of carbonyl (C=O) groups is 1. The van der Waals surface area contributed by atoms with Gasteiger partial charge in [0.05, 0.1) is 11.8 Å². The van der Waals surface area contributed by atoms with E-state index in [0.717, 1.165) is 37.7 Å². The van der Waals surface area contributed by atoms with E-state index in [4.69, 9.17) is 0 Å². The lowest BCUT2D eigenvalue weighted by Gasteiger charge is -2.25. The highest BCUT2D eigenvalue weighted by molar-refractivity contribution is 6.04. The van der Waals surface area contributed by atoms with Crippen molar-refractivity contribution in [3.05, 3.63) is 56.5 Å². The number of rotatable bonds is 3. The van der Waals surface area contributed by atoms with Crippen LogP contribution in [0.5, 0.6) is 5.88 Å². The number of aromatic amines is 1. The van der Waals surface area contributed by atoms with Crippen LogP contribution in [-0.4, -0.2) is 36.3 Å². The van der Waals surface area contributed by atoms with E-state index >= 15 is 0 Å². The van der Waals surface area contributed by atoms with Crippen molar-refractivity contribution >= 4 is 11.6 Å². The van der Waals surface area contributed by atoms with Gasteiger partial charge in [-0.15, -0.1) is 0 Å². The summed E-state index contributed by atoms with van der Waals surface area (Å²) in [5.74, 6) is -0.662. The SMILES string of the molecule is CC(=O)N1N=C(c2c(O)n(C3CCCCC3)c(=O)[nH]c2=O)C[C@@H]1c1cccnc1. The number of hydrogen-bond acceptors (Lipinski definition) is 6. The Morgan fingerprint density at radius 1 is 1.24 bits per heavy atom. The Morgan fingerprint density at radius 2 is 2.00 bits per heavy atom. The van der Waals surface area contributed by atoms with Crippen molar-refractivity contribution in [1.29, 1.82) is 0 Å². The zero-order valence-corrected chi connectivity index (χ0v) is 16.2. The largest absolute Gasteiger partial charge is 0.494 e. The van der Waals surface area contributed by atoms with Crippen LogP contribution in [0.1, 0.15) is 68.7 Å². The molecule has 2 N–H and O–H groups in total. The molecule has 152 valence electrons. The van der Waals surface area contributed by atoms with Gasteiger partial charge in [0, 0.05) is 31.8 Å². The zero-order valence-electron chi connectivity index (χ0n) is 16.2. The molecule has 9 heteroatoms. The summed E-state index contributed by atoms with van der Waals surface area (Å²) in [5.41, 5.74) is -0.314. The zero-order chi connectivity index (χ0) is 20.5. The number of hydrazone groups is 1. The minimum Gasteiger partial charge on any atom is -0.494 e. The molecule has 2 aromatic rings. The van der Waals surface area contributed by atoms with Crippen molar-refractivity contribution in [2.75, 3.05) is 0 Å². The molecule has 0 unspecified atom stereocenters. The lowest BCUT2D eigenvalue weighted by molar-refractivity contribution is -0.130. The van der Waals surface area contributed by atoms with Gasteiger partial charge in [0.1, 0.15) is 5.56 Å². The molecule has 1 saturated carbocycles. The molecule has 1 aliphatic carbocycles. The van der Waals surface area contributed by atoms with Gasteiger partial charge in [0.2, 0.25) is 11.8 Å². The number of pyridine rings is 1. The van der Waals surface area contributed by atoms with Gasteiger partial charge < -0.3 is 5.11 Å². The number of nitrogens with one attached hydrogen (secondary N) is 1. The van der Waals surface area contributed by atoms with Crippen LogP contribution in [0.2, 0.25) is 0 Å². The van der Waals surface area contributed by atoms with Crippen LogP contribution in [0.25, 0.3) is 0 Å². The van der Waals surface area contributed by atoms with Crippen molar-refractivity contribution < 1.29 is 9.90 Å². The summed E-state index contributed by atoms with van der Waals surface area (Å²) in [6, 6.07) is 3.01. The highest BCUT2D eigenvalue weighted by atomic mass is 16.3. The van der Waals surface area contributed by atoms with Gasteiger partial charge in [-0.25, -0.2) is 9.80 Å². The monoisotopic (exact) mass is 397 g/mol. The van der Waals surface area contributed by atoms with E-state index in [-0.39, 0.29) is 35.5 Å². The third-order valence-electron chi connectivity index (χ3n) is 5.65. The van der Waals surface area contributed by atoms with E-state index < -0.39 is 17.3 Å². The molecule has 1 aliphatic heterocycles. The predicted octanol–water partition coefficient (Wildman–Crippen LogP) is 1.84. The van der Waals surface area contributed by atoms with Crippen molar-refractivity contribution in [3.8, 4) is 5.88 Å². The van der Waals surface area contributed by atoms with Gasteiger partial charge in [-0.05, 0) is 24.5 Å². The van der Waals surface area contributed by atoms with Gasteiger partial charge >= 0.3 is 5.69 Å². The highest BCUT2D eigenvalue weighted by Gasteiger charge is 2.35. The minimum absolute atomic E-state index is 0.0483. The third kappa shape index (κ3) is 3.48. The van der Waals surface area contributed by atoms with E-state index in [1.54, 1.807) is 18.5 Å². The van der Waals surface area contributed by atoms with Crippen LogP contribution in [0.3, 0.4) is 0 Å². The molecule has 4 rings (SSSR count). The van der Waals surface area contributed by atoms with Crippen molar-refractivity contribution in [3.63, 3.8) is 0 Å². The van der Waals surface area contributed by atoms with Gasteiger partial charge in [0.25, 0.3) is 5.56 Å². The Balaban J connectivity index is 1.78. The average molecular weight is 397 g/mol. The first kappa shape index (κ1) is 19.1. The van der Waals surface area contributed by atoms with E-state index in [2.05, 4.69) is 15.1 Å². The highest BCUT2D eigenvalue weighted by Crippen LogP contribution is 2.35. The van der Waals surface area contributed by atoms with Crippen LogP contribution in [0, 0.1) is 0 Å². The topological polar surface area (TPSA) is 121 Å². The number of aromatic nitrogens is 3. The number of amides is 1. The molecule has 0 aromatic carbocycles. The molecule has 2 aromatic heterocycles. The molecule has 1 amide bonds. The molecule has 1 atom stereocenters. The third-order valence-corrected chi connectivity index (χ3v) is 5.65. The first-order valence-corrected chi connectivity index (χ1v) is 9.82. The Labute approximate surface area is 166 Å².